The van der Waals surface area contributed by atoms with Crippen LogP contribution >= 0.6 is 0 Å². The van der Waals surface area contributed by atoms with Crippen molar-refractivity contribution in [2.75, 3.05) is 6.61 Å². The molecule has 2 heterocycles. The molecule has 0 amide bonds. The van der Waals surface area contributed by atoms with Crippen molar-refractivity contribution in [1.82, 2.24) is 9.78 Å². The minimum Gasteiger partial charge on any atom is -0.393 e. The number of aliphatic hydroxyl groups excluding tert-OH is 3. The van der Waals surface area contributed by atoms with E-state index >= 15 is 0 Å². The van der Waals surface area contributed by atoms with Crippen molar-refractivity contribution in [3.05, 3.63) is 52.6 Å². The first-order valence-electron chi connectivity index (χ1n) is 15.4. The van der Waals surface area contributed by atoms with Gasteiger partial charge in [0.25, 0.3) is 0 Å². The molecular weight excluding hydrogens is 539 g/mol. The van der Waals surface area contributed by atoms with Gasteiger partial charge in [-0.2, -0.15) is 5.10 Å². The minimum absolute atomic E-state index is 0.00886. The Morgan fingerprint density at radius 1 is 1.26 bits per heavy atom. The van der Waals surface area contributed by atoms with Crippen LogP contribution in [0.15, 0.2) is 30.0 Å². The van der Waals surface area contributed by atoms with Gasteiger partial charge >= 0.3 is 0 Å². The normalized spacial score (nSPS) is 40.0. The number of hydrogen-bond acceptors (Lipinski definition) is 7. The Kier molecular flexibility index (Phi) is 6.61. The van der Waals surface area contributed by atoms with E-state index in [0.717, 1.165) is 36.9 Å². The van der Waals surface area contributed by atoms with Crippen molar-refractivity contribution >= 4 is 11.9 Å². The first kappa shape index (κ1) is 28.3. The summed E-state index contributed by atoms with van der Waals surface area (Å²) in [5.74, 6) is -0.491. The Morgan fingerprint density at radius 2 is 2.07 bits per heavy atom. The zero-order chi connectivity index (χ0) is 29.6. The summed E-state index contributed by atoms with van der Waals surface area (Å²) in [6, 6.07) is 4.67. The molecule has 8 nitrogen and oxygen atoms in total. The fraction of sp³-hybridized carbons (Fsp3) is 0.636. The number of fused-ring (bicyclic) bond motifs is 8. The molecule has 9 heteroatoms. The molecule has 7 rings (SSSR count). The highest BCUT2D eigenvalue weighted by Gasteiger charge is 2.75. The van der Waals surface area contributed by atoms with Crippen LogP contribution in [0.4, 0.5) is 4.39 Å². The van der Waals surface area contributed by atoms with Gasteiger partial charge in [0.1, 0.15) is 12.4 Å². The first-order chi connectivity index (χ1) is 20.1. The van der Waals surface area contributed by atoms with E-state index in [2.05, 4.69) is 31.9 Å². The van der Waals surface area contributed by atoms with Gasteiger partial charge in [0.2, 0.25) is 0 Å². The van der Waals surface area contributed by atoms with Gasteiger partial charge in [-0.25, -0.2) is 9.07 Å². The summed E-state index contributed by atoms with van der Waals surface area (Å²) in [5.41, 5.74) is 2.06. The summed E-state index contributed by atoms with van der Waals surface area (Å²) in [6.45, 7) is 5.42. The van der Waals surface area contributed by atoms with Gasteiger partial charge in [-0.3, -0.25) is 4.79 Å². The summed E-state index contributed by atoms with van der Waals surface area (Å²) in [7, 11) is 0. The monoisotopic (exact) mass is 580 g/mol. The molecule has 42 heavy (non-hydrogen) atoms. The van der Waals surface area contributed by atoms with Gasteiger partial charge in [0.05, 0.1) is 36.4 Å². The molecule has 3 saturated carbocycles. The number of benzene rings is 1. The number of aromatic nitrogens is 2. The molecule has 0 unspecified atom stereocenters. The minimum atomic E-state index is -1.24. The van der Waals surface area contributed by atoms with Crippen LogP contribution in [0.25, 0.3) is 11.8 Å². The number of rotatable bonds is 6. The van der Waals surface area contributed by atoms with E-state index < -0.39 is 41.9 Å². The van der Waals surface area contributed by atoms with Crippen LogP contribution in [0.3, 0.4) is 0 Å². The Morgan fingerprint density at radius 3 is 2.81 bits per heavy atom. The van der Waals surface area contributed by atoms with Gasteiger partial charge in [0.15, 0.2) is 17.7 Å². The Labute approximate surface area is 245 Å². The van der Waals surface area contributed by atoms with Crippen molar-refractivity contribution in [3.63, 3.8) is 0 Å². The standard InChI is InChI=1S/C33H41FN2O6/c1-4-5-29-41-28-12-23-22-8-6-20-11-25-19(15-35-36(25)21-7-9-24(34)18(10-21)16-37)13-31(20,2)30(22)26(39)14-32(23,3)33(28,42-29)27(40)17-38/h7,9-11,15,22-23,26,28-30,37-39H,4-6,8,12-14,16-17H2,1-3H3/t22-,23-,26-,28+,29-,30+,31-,32-,33+/m0/s1. The van der Waals surface area contributed by atoms with Crippen LogP contribution in [0.5, 0.6) is 0 Å². The number of carbonyl (C=O) groups excluding carboxylic acids is 1. The molecule has 1 aliphatic heterocycles. The highest BCUT2D eigenvalue weighted by atomic mass is 19.1. The quantitative estimate of drug-likeness (QED) is 0.471. The number of halogens is 1. The van der Waals surface area contributed by atoms with Crippen molar-refractivity contribution in [2.45, 2.75) is 96.4 Å². The van der Waals surface area contributed by atoms with E-state index in [4.69, 9.17) is 9.47 Å². The Bertz CT molecular complexity index is 1460. The molecular formula is C33H41FN2O6. The summed E-state index contributed by atoms with van der Waals surface area (Å²) in [5, 5.41) is 36.3. The predicted molar refractivity (Wildman–Crippen MR) is 152 cm³/mol. The molecule has 1 aromatic heterocycles. The van der Waals surface area contributed by atoms with Gasteiger partial charge in [-0.05, 0) is 91.5 Å². The molecule has 0 bridgehead atoms. The van der Waals surface area contributed by atoms with Crippen molar-refractivity contribution in [3.8, 4) is 5.69 Å². The van der Waals surface area contributed by atoms with Crippen LogP contribution in [0.1, 0.15) is 76.1 Å². The molecule has 4 fully saturated rings. The van der Waals surface area contributed by atoms with Gasteiger partial charge < -0.3 is 24.8 Å². The Balaban J connectivity index is 1.24. The van der Waals surface area contributed by atoms with Crippen LogP contribution in [-0.2, 0) is 27.3 Å². The molecule has 5 aliphatic rings. The lowest BCUT2D eigenvalue weighted by Gasteiger charge is -2.60. The first-order valence-corrected chi connectivity index (χ1v) is 15.4. The summed E-state index contributed by atoms with van der Waals surface area (Å²) in [6.07, 6.45) is 7.64. The van der Waals surface area contributed by atoms with Crippen molar-refractivity contribution in [1.29, 1.82) is 0 Å². The second-order valence-corrected chi connectivity index (χ2v) is 13.7. The van der Waals surface area contributed by atoms with Crippen LogP contribution in [0, 0.1) is 34.4 Å². The van der Waals surface area contributed by atoms with E-state index in [9.17, 15) is 24.5 Å². The number of ether oxygens (including phenoxy) is 2. The van der Waals surface area contributed by atoms with Crippen molar-refractivity contribution in [2.24, 2.45) is 28.6 Å². The lowest BCUT2D eigenvalue weighted by atomic mass is 9.45. The molecule has 226 valence electrons. The predicted octanol–water partition coefficient (Wildman–Crippen LogP) is 4.11. The fourth-order valence-electron chi connectivity index (χ4n) is 10.0. The average Bonchev–Trinajstić information content (AvgIpc) is 3.61. The third kappa shape index (κ3) is 3.63. The third-order valence-corrected chi connectivity index (χ3v) is 11.7. The zero-order valence-electron chi connectivity index (χ0n) is 24.6. The van der Waals surface area contributed by atoms with Crippen LogP contribution in [-0.4, -0.2) is 61.6 Å². The Hall–Kier alpha value is -2.43. The third-order valence-electron chi connectivity index (χ3n) is 11.7. The zero-order valence-corrected chi connectivity index (χ0v) is 24.6. The summed E-state index contributed by atoms with van der Waals surface area (Å²) >= 11 is 0. The number of ketones is 1. The highest BCUT2D eigenvalue weighted by Crippen LogP contribution is 2.70. The molecule has 0 radical (unpaired) electrons. The smallest absolute Gasteiger partial charge is 0.193 e. The molecule has 4 aliphatic carbocycles. The lowest BCUT2D eigenvalue weighted by Crippen LogP contribution is -2.64. The number of hydrogen-bond donors (Lipinski definition) is 3. The van der Waals surface area contributed by atoms with Crippen molar-refractivity contribution < 1.29 is 34.0 Å². The number of nitrogens with zero attached hydrogens (tertiary/aromatic N) is 2. The molecule has 3 N–H and O–H groups in total. The van der Waals surface area contributed by atoms with Crippen LogP contribution < -0.4 is 0 Å². The molecule has 1 aromatic carbocycles. The highest BCUT2D eigenvalue weighted by molar-refractivity contribution is 5.91. The van der Waals surface area contributed by atoms with Crippen LogP contribution in [0.2, 0.25) is 0 Å². The van der Waals surface area contributed by atoms with Gasteiger partial charge in [-0.15, -0.1) is 0 Å². The topological polar surface area (TPSA) is 114 Å². The molecule has 1 saturated heterocycles. The molecule has 0 spiro atoms. The van der Waals surface area contributed by atoms with E-state index in [1.54, 1.807) is 12.1 Å². The number of Topliss-reactive ketones (excluding diaryl/α,β-unsaturated/α-hetero) is 1. The number of carbonyl (C=O) groups is 1. The second kappa shape index (κ2) is 9.79. The maximum atomic E-state index is 14.1. The number of aliphatic hydroxyl groups is 3. The molecule has 9 atom stereocenters. The largest absolute Gasteiger partial charge is 0.393 e. The summed E-state index contributed by atoms with van der Waals surface area (Å²) in [4.78, 5) is 13.5. The fourth-order valence-corrected chi connectivity index (χ4v) is 10.0. The average molecular weight is 581 g/mol. The molecule has 2 aromatic rings. The number of allylic oxidation sites excluding steroid dienone is 1. The maximum Gasteiger partial charge on any atom is 0.193 e. The van der Waals surface area contributed by atoms with E-state index in [0.29, 0.717) is 24.9 Å². The lowest BCUT2D eigenvalue weighted by molar-refractivity contribution is -0.202. The van der Waals surface area contributed by atoms with E-state index in [1.807, 2.05) is 10.9 Å². The van der Waals surface area contributed by atoms with E-state index in [1.165, 1.54) is 11.6 Å². The van der Waals surface area contributed by atoms with E-state index in [-0.39, 0.29) is 41.1 Å². The maximum absolute atomic E-state index is 14.1. The second-order valence-electron chi connectivity index (χ2n) is 13.7. The summed E-state index contributed by atoms with van der Waals surface area (Å²) < 4.78 is 28.8. The SMILES string of the molecule is CCC[C@H]1O[C@@H]2C[C@H]3[C@@H]4CCC5=Cc6c(cnn6-c6ccc(F)c(CO)c6)C[C@]5(C)[C@H]4[C@@H](O)C[C@]3(C)[C@]2(C(=O)CO)O1. The van der Waals surface area contributed by atoms with Gasteiger partial charge in [0, 0.05) is 11.0 Å². The van der Waals surface area contributed by atoms with Gasteiger partial charge in [-0.1, -0.05) is 32.8 Å².